The van der Waals surface area contributed by atoms with E-state index in [1.165, 1.54) is 38.1 Å². The number of carbonyl (C=O) groups excluding carboxylic acids is 2. The summed E-state index contributed by atoms with van der Waals surface area (Å²) >= 11 is 0. The second-order valence-corrected chi connectivity index (χ2v) is 6.30. The Morgan fingerprint density at radius 2 is 1.79 bits per heavy atom. The lowest BCUT2D eigenvalue weighted by Gasteiger charge is -2.23. The van der Waals surface area contributed by atoms with Crippen molar-refractivity contribution in [3.05, 3.63) is 61.5 Å². The molecule has 0 aliphatic rings. The summed E-state index contributed by atoms with van der Waals surface area (Å²) in [6.07, 6.45) is -0.196. The average molecular weight is 405 g/mol. The van der Waals surface area contributed by atoms with Crippen LogP contribution in [0.3, 0.4) is 0 Å². The van der Waals surface area contributed by atoms with Gasteiger partial charge in [-0.1, -0.05) is 17.3 Å². The van der Waals surface area contributed by atoms with Gasteiger partial charge in [-0.2, -0.15) is 0 Å². The van der Waals surface area contributed by atoms with Gasteiger partial charge in [0.15, 0.2) is 5.69 Å². The maximum Gasteiger partial charge on any atom is 0.334 e. The summed E-state index contributed by atoms with van der Waals surface area (Å²) in [5.41, 5.74) is -0.0669. The number of nitro benzene ring substituents is 1. The Labute approximate surface area is 164 Å². The number of aromatic nitrogens is 1. The molecule has 2 unspecified atom stereocenters. The zero-order valence-corrected chi connectivity index (χ0v) is 16.0. The van der Waals surface area contributed by atoms with Crippen molar-refractivity contribution in [2.24, 2.45) is 5.92 Å². The third kappa shape index (κ3) is 4.81. The van der Waals surface area contributed by atoms with Crippen LogP contribution in [0, 0.1) is 33.1 Å². The lowest BCUT2D eigenvalue weighted by Crippen LogP contribution is -2.31. The predicted molar refractivity (Wildman–Crippen MR) is 98.2 cm³/mol. The molecule has 0 fully saturated rings. The Bertz CT molecular complexity index is 935. The highest BCUT2D eigenvalue weighted by atomic mass is 16.6. The highest BCUT2D eigenvalue weighted by Gasteiger charge is 2.38. The number of ketones is 1. The van der Waals surface area contributed by atoms with Gasteiger partial charge in [-0.05, 0) is 26.3 Å². The van der Waals surface area contributed by atoms with E-state index in [1.807, 2.05) is 0 Å². The third-order valence-corrected chi connectivity index (χ3v) is 4.40. The summed E-state index contributed by atoms with van der Waals surface area (Å²) in [5, 5.41) is 25.9. The maximum atomic E-state index is 12.5. The molecule has 0 aliphatic carbocycles. The number of rotatable bonds is 9. The first kappa shape index (κ1) is 21.7. The van der Waals surface area contributed by atoms with Crippen LogP contribution in [0.1, 0.15) is 36.8 Å². The molecule has 154 valence electrons. The topological polar surface area (TPSA) is 156 Å². The molecule has 0 spiro atoms. The molecule has 1 heterocycles. The van der Waals surface area contributed by atoms with E-state index in [4.69, 9.17) is 9.26 Å². The second kappa shape index (κ2) is 9.04. The number of hydrogen-bond acceptors (Lipinski definition) is 9. The van der Waals surface area contributed by atoms with Crippen molar-refractivity contribution in [3.63, 3.8) is 0 Å². The minimum absolute atomic E-state index is 0.0388. The number of benzene rings is 1. The fraction of sp³-hybridized carbons (Fsp3) is 0.389. The monoisotopic (exact) mass is 405 g/mol. The quantitative estimate of drug-likeness (QED) is 0.265. The first-order chi connectivity index (χ1) is 13.7. The van der Waals surface area contributed by atoms with Gasteiger partial charge in [-0.15, -0.1) is 0 Å². The summed E-state index contributed by atoms with van der Waals surface area (Å²) in [6, 6.07) is 5.25. The highest BCUT2D eigenvalue weighted by molar-refractivity contribution is 5.98. The highest BCUT2D eigenvalue weighted by Crippen LogP contribution is 2.35. The predicted octanol–water partition coefficient (Wildman–Crippen LogP) is 2.89. The van der Waals surface area contributed by atoms with Crippen molar-refractivity contribution in [2.45, 2.75) is 33.1 Å². The van der Waals surface area contributed by atoms with E-state index in [0.717, 1.165) is 0 Å². The van der Waals surface area contributed by atoms with E-state index in [9.17, 15) is 29.8 Å². The number of aryl methyl sites for hydroxylation is 1. The summed E-state index contributed by atoms with van der Waals surface area (Å²) in [5.74, 6) is -3.58. The summed E-state index contributed by atoms with van der Waals surface area (Å²) < 4.78 is 10.1. The number of non-ortho nitro benzene ring substituents is 1. The van der Waals surface area contributed by atoms with Gasteiger partial charge < -0.3 is 9.26 Å². The number of ether oxygens (including phenoxy) is 1. The standard InChI is InChI=1S/C18H19N3O8/c1-4-28-18(23)16(11(3)22)14(12-5-7-13(8-6-12)20(24)25)9-15-17(21(26)27)10(2)19-29-15/h5-8,14,16H,4,9H2,1-3H3. The van der Waals surface area contributed by atoms with Crippen molar-refractivity contribution in [1.82, 2.24) is 5.16 Å². The van der Waals surface area contributed by atoms with Gasteiger partial charge >= 0.3 is 11.7 Å². The molecule has 2 aromatic rings. The van der Waals surface area contributed by atoms with Gasteiger partial charge in [0.05, 0.1) is 16.5 Å². The van der Waals surface area contributed by atoms with Crippen molar-refractivity contribution in [3.8, 4) is 0 Å². The molecule has 1 aromatic heterocycles. The number of Topliss-reactive ketones (excluding diaryl/α,β-unsaturated/α-hetero) is 1. The molecule has 0 saturated heterocycles. The fourth-order valence-corrected chi connectivity index (χ4v) is 3.10. The van der Waals surface area contributed by atoms with Gasteiger partial charge in [-0.3, -0.25) is 29.8 Å². The summed E-state index contributed by atoms with van der Waals surface area (Å²) in [7, 11) is 0. The first-order valence-corrected chi connectivity index (χ1v) is 8.68. The van der Waals surface area contributed by atoms with Crippen LogP contribution in [-0.4, -0.2) is 33.4 Å². The van der Waals surface area contributed by atoms with Crippen LogP contribution in [-0.2, 0) is 20.7 Å². The van der Waals surface area contributed by atoms with Crippen LogP contribution in [0.15, 0.2) is 28.8 Å². The van der Waals surface area contributed by atoms with Crippen molar-refractivity contribution < 1.29 is 28.7 Å². The molecular weight excluding hydrogens is 386 g/mol. The largest absolute Gasteiger partial charge is 0.465 e. The van der Waals surface area contributed by atoms with Gasteiger partial charge in [-0.25, -0.2) is 0 Å². The maximum absolute atomic E-state index is 12.5. The molecule has 0 bridgehead atoms. The Morgan fingerprint density at radius 1 is 1.17 bits per heavy atom. The normalized spacial score (nSPS) is 12.8. The molecule has 0 saturated carbocycles. The van der Waals surface area contributed by atoms with Crippen LogP contribution in [0.2, 0.25) is 0 Å². The molecular formula is C18H19N3O8. The molecule has 29 heavy (non-hydrogen) atoms. The molecule has 0 aliphatic heterocycles. The van der Waals surface area contributed by atoms with Gasteiger partial charge in [0.1, 0.15) is 11.7 Å². The molecule has 0 radical (unpaired) electrons. The Balaban J connectivity index is 2.55. The van der Waals surface area contributed by atoms with E-state index in [2.05, 4.69) is 5.16 Å². The average Bonchev–Trinajstić information content (AvgIpc) is 3.01. The van der Waals surface area contributed by atoms with Crippen molar-refractivity contribution >= 4 is 23.1 Å². The number of carbonyl (C=O) groups is 2. The summed E-state index contributed by atoms with van der Waals surface area (Å²) in [6.45, 7) is 4.23. The van der Waals surface area contributed by atoms with Crippen LogP contribution in [0.4, 0.5) is 11.4 Å². The van der Waals surface area contributed by atoms with Crippen LogP contribution < -0.4 is 0 Å². The number of nitrogens with zero attached hydrogens (tertiary/aromatic N) is 3. The van der Waals surface area contributed by atoms with Crippen molar-refractivity contribution in [2.75, 3.05) is 6.61 Å². The number of nitro groups is 2. The van der Waals surface area contributed by atoms with E-state index in [0.29, 0.717) is 5.56 Å². The first-order valence-electron chi connectivity index (χ1n) is 8.68. The molecule has 0 amide bonds. The Morgan fingerprint density at radius 3 is 2.28 bits per heavy atom. The van der Waals surface area contributed by atoms with E-state index < -0.39 is 33.4 Å². The van der Waals surface area contributed by atoms with Gasteiger partial charge in [0.2, 0.25) is 5.76 Å². The van der Waals surface area contributed by atoms with E-state index >= 15 is 0 Å². The molecule has 2 rings (SSSR count). The summed E-state index contributed by atoms with van der Waals surface area (Å²) in [4.78, 5) is 45.8. The second-order valence-electron chi connectivity index (χ2n) is 6.30. The smallest absolute Gasteiger partial charge is 0.334 e. The molecule has 0 N–H and O–H groups in total. The Kier molecular flexibility index (Phi) is 6.75. The minimum atomic E-state index is -1.28. The zero-order valence-electron chi connectivity index (χ0n) is 16.0. The molecule has 11 nitrogen and oxygen atoms in total. The third-order valence-electron chi connectivity index (χ3n) is 4.40. The van der Waals surface area contributed by atoms with Crippen LogP contribution in [0.25, 0.3) is 0 Å². The Hall–Kier alpha value is -3.63. The van der Waals surface area contributed by atoms with E-state index in [-0.39, 0.29) is 35.9 Å². The van der Waals surface area contributed by atoms with Crippen molar-refractivity contribution in [1.29, 1.82) is 0 Å². The molecule has 1 aromatic carbocycles. The minimum Gasteiger partial charge on any atom is -0.465 e. The molecule has 2 atom stereocenters. The van der Waals surface area contributed by atoms with Gasteiger partial charge in [0, 0.05) is 24.5 Å². The fourth-order valence-electron chi connectivity index (χ4n) is 3.10. The number of hydrogen-bond donors (Lipinski definition) is 0. The SMILES string of the molecule is CCOC(=O)C(C(C)=O)C(Cc1onc(C)c1[N+](=O)[O-])c1ccc([N+](=O)[O-])cc1. The van der Waals surface area contributed by atoms with Crippen LogP contribution >= 0.6 is 0 Å². The van der Waals surface area contributed by atoms with Gasteiger partial charge in [0.25, 0.3) is 5.69 Å². The molecule has 11 heteroatoms. The zero-order chi connectivity index (χ0) is 21.7. The van der Waals surface area contributed by atoms with Crippen LogP contribution in [0.5, 0.6) is 0 Å². The number of esters is 1. The lowest BCUT2D eigenvalue weighted by molar-refractivity contribution is -0.386. The lowest BCUT2D eigenvalue weighted by atomic mass is 9.80. The van der Waals surface area contributed by atoms with E-state index in [1.54, 1.807) is 6.92 Å².